The van der Waals surface area contributed by atoms with Gasteiger partial charge in [-0.3, -0.25) is 9.59 Å². The SMILES string of the molecule is Cc1cc2[nH]c(=O)c(=O)[nH]c2cc1S(=O)(=O)N[C@@H]1CCCC[C@H]1C. The van der Waals surface area contributed by atoms with Gasteiger partial charge in [-0.2, -0.15) is 0 Å². The fourth-order valence-corrected chi connectivity index (χ4v) is 4.93. The second-order valence-corrected chi connectivity index (χ2v) is 8.24. The van der Waals surface area contributed by atoms with Gasteiger partial charge in [0.25, 0.3) is 0 Å². The Morgan fingerprint density at radius 3 is 2.25 bits per heavy atom. The van der Waals surface area contributed by atoms with Crippen LogP contribution in [0.5, 0.6) is 0 Å². The van der Waals surface area contributed by atoms with Crippen molar-refractivity contribution < 1.29 is 8.42 Å². The molecule has 0 saturated heterocycles. The first-order chi connectivity index (χ1) is 11.3. The minimum Gasteiger partial charge on any atom is -0.316 e. The molecule has 1 heterocycles. The summed E-state index contributed by atoms with van der Waals surface area (Å²) in [6.07, 6.45) is 3.99. The number of nitrogens with one attached hydrogen (secondary N) is 3. The van der Waals surface area contributed by atoms with Gasteiger partial charge in [-0.25, -0.2) is 13.1 Å². The van der Waals surface area contributed by atoms with Gasteiger partial charge in [0.15, 0.2) is 0 Å². The fourth-order valence-electron chi connectivity index (χ4n) is 3.30. The van der Waals surface area contributed by atoms with Gasteiger partial charge in [0.05, 0.1) is 15.9 Å². The van der Waals surface area contributed by atoms with Crippen LogP contribution in [0, 0.1) is 12.8 Å². The number of H-pyrrole nitrogens is 2. The van der Waals surface area contributed by atoms with E-state index in [9.17, 15) is 18.0 Å². The van der Waals surface area contributed by atoms with E-state index < -0.39 is 21.1 Å². The molecule has 24 heavy (non-hydrogen) atoms. The molecule has 0 radical (unpaired) electrons. The molecular formula is C16H21N3O4S. The topological polar surface area (TPSA) is 112 Å². The average Bonchev–Trinajstić information content (AvgIpc) is 2.50. The van der Waals surface area contributed by atoms with E-state index in [0.29, 0.717) is 22.5 Å². The predicted molar refractivity (Wildman–Crippen MR) is 91.7 cm³/mol. The minimum absolute atomic E-state index is 0.0755. The number of sulfonamides is 1. The van der Waals surface area contributed by atoms with Crippen LogP contribution in [0.4, 0.5) is 0 Å². The molecule has 1 saturated carbocycles. The third-order valence-electron chi connectivity index (χ3n) is 4.73. The van der Waals surface area contributed by atoms with Gasteiger partial charge >= 0.3 is 11.1 Å². The molecule has 1 aliphatic rings. The van der Waals surface area contributed by atoms with Gasteiger partial charge in [0.1, 0.15) is 0 Å². The van der Waals surface area contributed by atoms with E-state index in [4.69, 9.17) is 0 Å². The van der Waals surface area contributed by atoms with Crippen LogP contribution in [0.1, 0.15) is 38.2 Å². The lowest BCUT2D eigenvalue weighted by Crippen LogP contribution is -2.41. The number of aromatic nitrogens is 2. The first kappa shape index (κ1) is 16.9. The summed E-state index contributed by atoms with van der Waals surface area (Å²) in [4.78, 5) is 27.9. The molecule has 1 aliphatic carbocycles. The summed E-state index contributed by atoms with van der Waals surface area (Å²) in [7, 11) is -3.70. The lowest BCUT2D eigenvalue weighted by Gasteiger charge is -2.29. The first-order valence-electron chi connectivity index (χ1n) is 8.07. The molecule has 0 aliphatic heterocycles. The molecule has 2 atom stereocenters. The second-order valence-electron chi connectivity index (χ2n) is 6.56. The molecule has 8 heteroatoms. The largest absolute Gasteiger partial charge is 0.316 e. The summed E-state index contributed by atoms with van der Waals surface area (Å²) in [5.74, 6) is 0.297. The highest BCUT2D eigenvalue weighted by Gasteiger charge is 2.27. The van der Waals surface area contributed by atoms with Crippen molar-refractivity contribution in [3.63, 3.8) is 0 Å². The van der Waals surface area contributed by atoms with E-state index in [0.717, 1.165) is 25.7 Å². The van der Waals surface area contributed by atoms with Crippen LogP contribution >= 0.6 is 0 Å². The number of rotatable bonds is 3. The van der Waals surface area contributed by atoms with E-state index >= 15 is 0 Å². The lowest BCUT2D eigenvalue weighted by atomic mass is 9.87. The highest BCUT2D eigenvalue weighted by molar-refractivity contribution is 7.89. The zero-order valence-corrected chi connectivity index (χ0v) is 14.5. The number of benzene rings is 1. The van der Waals surface area contributed by atoms with Crippen LogP contribution in [0.2, 0.25) is 0 Å². The Balaban J connectivity index is 2.03. The summed E-state index contributed by atoms with van der Waals surface area (Å²) in [6, 6.07) is 2.89. The minimum atomic E-state index is -3.70. The summed E-state index contributed by atoms with van der Waals surface area (Å²) >= 11 is 0. The summed E-state index contributed by atoms with van der Waals surface area (Å²) in [5.41, 5.74) is -0.347. The Kier molecular flexibility index (Phi) is 4.35. The van der Waals surface area contributed by atoms with Crippen molar-refractivity contribution in [3.8, 4) is 0 Å². The Bertz CT molecular complexity index is 991. The fraction of sp³-hybridized carbons (Fsp3) is 0.500. The summed E-state index contributed by atoms with van der Waals surface area (Å²) in [5, 5.41) is 0. The number of hydrogen-bond acceptors (Lipinski definition) is 4. The van der Waals surface area contributed by atoms with Crippen molar-refractivity contribution in [1.82, 2.24) is 14.7 Å². The highest BCUT2D eigenvalue weighted by Crippen LogP contribution is 2.26. The van der Waals surface area contributed by atoms with Gasteiger partial charge in [0.2, 0.25) is 10.0 Å². The number of aromatic amines is 2. The maximum atomic E-state index is 12.8. The molecule has 0 bridgehead atoms. The molecule has 2 aromatic rings. The lowest BCUT2D eigenvalue weighted by molar-refractivity contribution is 0.310. The average molecular weight is 351 g/mol. The van der Waals surface area contributed by atoms with E-state index in [1.54, 1.807) is 13.0 Å². The van der Waals surface area contributed by atoms with E-state index in [2.05, 4.69) is 21.6 Å². The van der Waals surface area contributed by atoms with Gasteiger partial charge in [-0.15, -0.1) is 0 Å². The second kappa shape index (κ2) is 6.18. The van der Waals surface area contributed by atoms with Crippen molar-refractivity contribution in [2.45, 2.75) is 50.5 Å². The van der Waals surface area contributed by atoms with Gasteiger partial charge < -0.3 is 9.97 Å². The van der Waals surface area contributed by atoms with Gasteiger partial charge in [-0.1, -0.05) is 19.8 Å². The molecule has 3 N–H and O–H groups in total. The highest BCUT2D eigenvalue weighted by atomic mass is 32.2. The molecule has 7 nitrogen and oxygen atoms in total. The molecule has 0 unspecified atom stereocenters. The van der Waals surface area contributed by atoms with Gasteiger partial charge in [0, 0.05) is 6.04 Å². The predicted octanol–water partition coefficient (Wildman–Crippen LogP) is 1.38. The number of hydrogen-bond donors (Lipinski definition) is 3. The maximum Gasteiger partial charge on any atom is 0.314 e. The smallest absolute Gasteiger partial charge is 0.314 e. The van der Waals surface area contributed by atoms with E-state index in [-0.39, 0.29) is 10.9 Å². The van der Waals surface area contributed by atoms with Crippen molar-refractivity contribution in [3.05, 3.63) is 38.4 Å². The number of aryl methyl sites for hydroxylation is 1. The Morgan fingerprint density at radius 2 is 1.62 bits per heavy atom. The zero-order chi connectivity index (χ0) is 17.5. The molecule has 1 fully saturated rings. The molecular weight excluding hydrogens is 330 g/mol. The van der Waals surface area contributed by atoms with E-state index in [1.807, 2.05) is 0 Å². The van der Waals surface area contributed by atoms with Crippen LogP contribution in [-0.2, 0) is 10.0 Å². The van der Waals surface area contributed by atoms with Crippen LogP contribution in [0.3, 0.4) is 0 Å². The maximum absolute atomic E-state index is 12.8. The van der Waals surface area contributed by atoms with Crippen molar-refractivity contribution in [2.24, 2.45) is 5.92 Å². The van der Waals surface area contributed by atoms with Gasteiger partial charge in [-0.05, 0) is 43.4 Å². The van der Waals surface area contributed by atoms with Crippen LogP contribution in [-0.4, -0.2) is 24.4 Å². The molecule has 1 aromatic heterocycles. The third kappa shape index (κ3) is 3.16. The van der Waals surface area contributed by atoms with Crippen molar-refractivity contribution in [1.29, 1.82) is 0 Å². The summed E-state index contributed by atoms with van der Waals surface area (Å²) < 4.78 is 28.4. The molecule has 1 aromatic carbocycles. The molecule has 130 valence electrons. The van der Waals surface area contributed by atoms with Crippen LogP contribution < -0.4 is 15.8 Å². The Labute approximate surface area is 139 Å². The monoisotopic (exact) mass is 351 g/mol. The molecule has 0 amide bonds. The van der Waals surface area contributed by atoms with Crippen LogP contribution in [0.15, 0.2) is 26.6 Å². The quantitative estimate of drug-likeness (QED) is 0.725. The Morgan fingerprint density at radius 1 is 1.04 bits per heavy atom. The summed E-state index contributed by atoms with van der Waals surface area (Å²) in [6.45, 7) is 3.73. The first-order valence-corrected chi connectivity index (χ1v) is 9.55. The van der Waals surface area contributed by atoms with Crippen LogP contribution in [0.25, 0.3) is 11.0 Å². The van der Waals surface area contributed by atoms with Crippen molar-refractivity contribution >= 4 is 21.1 Å². The standard InChI is InChI=1S/C16H21N3O4S/c1-9-5-3-4-6-11(9)19-24(22,23)14-8-13-12(7-10(14)2)17-15(20)16(21)18-13/h7-9,11,19H,3-6H2,1-2H3,(H,17,20)(H,18,21)/t9-,11-/m1/s1. The normalized spacial score (nSPS) is 21.9. The Hall–Kier alpha value is -1.93. The molecule has 0 spiro atoms. The third-order valence-corrected chi connectivity index (χ3v) is 6.36. The van der Waals surface area contributed by atoms with Crippen molar-refractivity contribution in [2.75, 3.05) is 0 Å². The number of fused-ring (bicyclic) bond motifs is 1. The van der Waals surface area contributed by atoms with E-state index in [1.165, 1.54) is 6.07 Å². The zero-order valence-electron chi connectivity index (χ0n) is 13.7. The molecule has 3 rings (SSSR count).